The fourth-order valence-corrected chi connectivity index (χ4v) is 2.30. The van der Waals surface area contributed by atoms with Crippen molar-refractivity contribution in [3.63, 3.8) is 0 Å². The molecule has 1 aromatic rings. The van der Waals surface area contributed by atoms with Gasteiger partial charge in [-0.2, -0.15) is 0 Å². The number of rotatable bonds is 10. The summed E-state index contributed by atoms with van der Waals surface area (Å²) in [6.07, 6.45) is 1.84. The maximum Gasteiger partial charge on any atom is 0.239 e. The molecule has 6 heteroatoms. The molecular weight excluding hydrogens is 328 g/mol. The fourth-order valence-electron chi connectivity index (χ4n) is 2.30. The summed E-state index contributed by atoms with van der Waals surface area (Å²) < 4.78 is 11.4. The molecule has 0 aliphatic rings. The highest BCUT2D eigenvalue weighted by molar-refractivity contribution is 5.85. The Morgan fingerprint density at radius 2 is 1.88 bits per heavy atom. The van der Waals surface area contributed by atoms with Gasteiger partial charge in [-0.3, -0.25) is 4.79 Å². The van der Waals surface area contributed by atoms with Gasteiger partial charge in [-0.25, -0.2) is 0 Å². The Bertz CT molecular complexity index is 495. The van der Waals surface area contributed by atoms with Crippen molar-refractivity contribution in [1.29, 1.82) is 0 Å². The number of carbonyl (C=O) groups is 1. The summed E-state index contributed by atoms with van der Waals surface area (Å²) in [4.78, 5) is 14.0. The van der Waals surface area contributed by atoms with Gasteiger partial charge in [-0.15, -0.1) is 12.4 Å². The molecule has 0 aliphatic heterocycles. The first-order valence-electron chi connectivity index (χ1n) is 8.46. The minimum atomic E-state index is -0.486. The van der Waals surface area contributed by atoms with Gasteiger partial charge in [-0.1, -0.05) is 19.9 Å². The normalized spacial score (nSPS) is 11.4. The van der Waals surface area contributed by atoms with Gasteiger partial charge < -0.3 is 20.1 Å². The molecule has 24 heavy (non-hydrogen) atoms. The molecule has 5 nitrogen and oxygen atoms in total. The van der Waals surface area contributed by atoms with Gasteiger partial charge >= 0.3 is 0 Å². The zero-order valence-corrected chi connectivity index (χ0v) is 16.0. The largest absolute Gasteiger partial charge is 0.490 e. The predicted octanol–water partition coefficient (Wildman–Crippen LogP) is 3.38. The van der Waals surface area contributed by atoms with E-state index in [-0.39, 0.29) is 18.3 Å². The van der Waals surface area contributed by atoms with Crippen LogP contribution < -0.4 is 15.2 Å². The van der Waals surface area contributed by atoms with Crippen molar-refractivity contribution in [3.8, 4) is 11.5 Å². The molecule has 138 valence electrons. The van der Waals surface area contributed by atoms with Gasteiger partial charge in [0.25, 0.3) is 0 Å². The van der Waals surface area contributed by atoms with Crippen molar-refractivity contribution < 1.29 is 14.3 Å². The lowest BCUT2D eigenvalue weighted by Gasteiger charge is -2.24. The summed E-state index contributed by atoms with van der Waals surface area (Å²) in [5.41, 5.74) is 6.76. The summed E-state index contributed by atoms with van der Waals surface area (Å²) in [7, 11) is 0. The van der Waals surface area contributed by atoms with E-state index in [2.05, 4.69) is 13.8 Å². The number of hydrogen-bond acceptors (Lipinski definition) is 4. The number of amides is 1. The topological polar surface area (TPSA) is 64.8 Å². The summed E-state index contributed by atoms with van der Waals surface area (Å²) >= 11 is 0. The van der Waals surface area contributed by atoms with Crippen molar-refractivity contribution in [3.05, 3.63) is 23.8 Å². The zero-order chi connectivity index (χ0) is 17.2. The SMILES string of the molecule is CCCOc1ccc(CN(CCC)C(=O)[C@@H](C)N)cc1OCC.Cl. The second-order valence-corrected chi connectivity index (χ2v) is 5.61. The second kappa shape index (κ2) is 12.0. The van der Waals surface area contributed by atoms with Crippen LogP contribution in [0.2, 0.25) is 0 Å². The molecule has 1 rings (SSSR count). The third-order valence-corrected chi connectivity index (χ3v) is 3.34. The highest BCUT2D eigenvalue weighted by Crippen LogP contribution is 2.29. The Morgan fingerprint density at radius 1 is 1.17 bits per heavy atom. The lowest BCUT2D eigenvalue weighted by molar-refractivity contribution is -0.132. The summed E-state index contributed by atoms with van der Waals surface area (Å²) in [6.45, 7) is 10.2. The van der Waals surface area contributed by atoms with Crippen molar-refractivity contribution in [1.82, 2.24) is 4.90 Å². The summed E-state index contributed by atoms with van der Waals surface area (Å²) in [6, 6.07) is 5.35. The van der Waals surface area contributed by atoms with Crippen molar-refractivity contribution >= 4 is 18.3 Å². The van der Waals surface area contributed by atoms with Crippen LogP contribution in [0.3, 0.4) is 0 Å². The molecule has 1 atom stereocenters. The Kier molecular flexibility index (Phi) is 11.3. The number of nitrogens with zero attached hydrogens (tertiary/aromatic N) is 1. The van der Waals surface area contributed by atoms with Crippen LogP contribution >= 0.6 is 12.4 Å². The first-order chi connectivity index (χ1) is 11.0. The number of halogens is 1. The first-order valence-corrected chi connectivity index (χ1v) is 8.46. The van der Waals surface area contributed by atoms with Crippen molar-refractivity contribution in [2.75, 3.05) is 19.8 Å². The molecule has 0 spiro atoms. The van der Waals surface area contributed by atoms with Gasteiger partial charge in [0.15, 0.2) is 11.5 Å². The molecule has 0 aromatic heterocycles. The Hall–Kier alpha value is -1.46. The molecule has 2 N–H and O–H groups in total. The van der Waals surface area contributed by atoms with Gasteiger partial charge in [0.1, 0.15) is 0 Å². The highest BCUT2D eigenvalue weighted by atomic mass is 35.5. The Balaban J connectivity index is 0.00000529. The molecular formula is C18H31ClN2O3. The zero-order valence-electron chi connectivity index (χ0n) is 15.2. The third kappa shape index (κ3) is 6.97. The van der Waals surface area contributed by atoms with Gasteiger partial charge in [-0.05, 0) is 44.4 Å². The van der Waals surface area contributed by atoms with E-state index in [0.717, 1.165) is 29.9 Å². The van der Waals surface area contributed by atoms with Gasteiger partial charge in [0, 0.05) is 13.1 Å². The smallest absolute Gasteiger partial charge is 0.239 e. The van der Waals surface area contributed by atoms with Crippen LogP contribution in [0.4, 0.5) is 0 Å². The first kappa shape index (κ1) is 22.5. The van der Waals surface area contributed by atoms with E-state index in [9.17, 15) is 4.79 Å². The molecule has 0 saturated carbocycles. The van der Waals surface area contributed by atoms with E-state index in [1.54, 1.807) is 11.8 Å². The van der Waals surface area contributed by atoms with Crippen LogP contribution in [0.15, 0.2) is 18.2 Å². The third-order valence-electron chi connectivity index (χ3n) is 3.34. The van der Waals surface area contributed by atoms with Crippen LogP contribution in [-0.2, 0) is 11.3 Å². The number of nitrogens with two attached hydrogens (primary N) is 1. The lowest BCUT2D eigenvalue weighted by Crippen LogP contribution is -2.42. The minimum absolute atomic E-state index is 0. The van der Waals surface area contributed by atoms with E-state index in [1.807, 2.05) is 25.1 Å². The minimum Gasteiger partial charge on any atom is -0.490 e. The van der Waals surface area contributed by atoms with Gasteiger partial charge in [0.2, 0.25) is 5.91 Å². The second-order valence-electron chi connectivity index (χ2n) is 5.61. The van der Waals surface area contributed by atoms with E-state index < -0.39 is 6.04 Å². The number of benzene rings is 1. The van der Waals surface area contributed by atoms with Crippen LogP contribution in [0.25, 0.3) is 0 Å². The van der Waals surface area contributed by atoms with E-state index >= 15 is 0 Å². The summed E-state index contributed by atoms with van der Waals surface area (Å²) in [5, 5.41) is 0. The molecule has 1 aromatic carbocycles. The average molecular weight is 359 g/mol. The fraction of sp³-hybridized carbons (Fsp3) is 0.611. The molecule has 0 fully saturated rings. The highest BCUT2D eigenvalue weighted by Gasteiger charge is 2.17. The van der Waals surface area contributed by atoms with Crippen LogP contribution in [0.5, 0.6) is 11.5 Å². The number of hydrogen-bond donors (Lipinski definition) is 1. The van der Waals surface area contributed by atoms with E-state index in [4.69, 9.17) is 15.2 Å². The standard InChI is InChI=1S/C18H30N2O3.ClH/c1-5-10-20(18(21)14(4)19)13-15-8-9-16(23-11-6-2)17(12-15)22-7-3;/h8-9,12,14H,5-7,10-11,13,19H2,1-4H3;1H/t14-;/m1./s1. The molecule has 0 radical (unpaired) electrons. The molecule has 0 unspecified atom stereocenters. The maximum atomic E-state index is 12.2. The van der Waals surface area contributed by atoms with Crippen LogP contribution in [0, 0.1) is 0 Å². The maximum absolute atomic E-state index is 12.2. The van der Waals surface area contributed by atoms with Crippen molar-refractivity contribution in [2.45, 2.75) is 53.1 Å². The van der Waals surface area contributed by atoms with Crippen LogP contribution in [0.1, 0.15) is 46.1 Å². The Labute approximate surface area is 151 Å². The molecule has 0 bridgehead atoms. The monoisotopic (exact) mass is 358 g/mol. The molecule has 0 aliphatic carbocycles. The molecule has 0 saturated heterocycles. The van der Waals surface area contributed by atoms with E-state index in [1.165, 1.54) is 0 Å². The van der Waals surface area contributed by atoms with Gasteiger partial charge in [0.05, 0.1) is 19.3 Å². The quantitative estimate of drug-likeness (QED) is 0.696. The summed E-state index contributed by atoms with van der Waals surface area (Å²) in [5.74, 6) is 1.44. The van der Waals surface area contributed by atoms with Crippen LogP contribution in [-0.4, -0.2) is 36.6 Å². The number of carbonyl (C=O) groups excluding carboxylic acids is 1. The number of ether oxygens (including phenoxy) is 2. The lowest BCUT2D eigenvalue weighted by atomic mass is 10.1. The molecule has 1 amide bonds. The molecule has 0 heterocycles. The van der Waals surface area contributed by atoms with Crippen molar-refractivity contribution in [2.24, 2.45) is 5.73 Å². The Morgan fingerprint density at radius 3 is 2.42 bits per heavy atom. The van der Waals surface area contributed by atoms with E-state index in [0.29, 0.717) is 26.3 Å². The average Bonchev–Trinajstić information content (AvgIpc) is 2.53. The predicted molar refractivity (Wildman–Crippen MR) is 100 cm³/mol.